The van der Waals surface area contributed by atoms with Gasteiger partial charge in [-0.15, -0.1) is 0 Å². The van der Waals surface area contributed by atoms with Crippen molar-refractivity contribution < 1.29 is 14.7 Å². The number of benzene rings is 1. The van der Waals surface area contributed by atoms with E-state index in [2.05, 4.69) is 0 Å². The number of nitrogens with zero attached hydrogens (tertiary/aromatic N) is 2. The molecule has 104 valence electrons. The van der Waals surface area contributed by atoms with Crippen molar-refractivity contribution in [1.29, 1.82) is 5.26 Å². The zero-order valence-electron chi connectivity index (χ0n) is 11.1. The number of likely N-dealkylation sites (tertiary alicyclic amines) is 1. The molecule has 5 heteroatoms. The minimum Gasteiger partial charge on any atom is -0.480 e. The molecule has 20 heavy (non-hydrogen) atoms. The number of carboxylic acid groups (broad SMARTS) is 1. The van der Waals surface area contributed by atoms with E-state index in [1.54, 1.807) is 18.2 Å². The van der Waals surface area contributed by atoms with E-state index in [0.29, 0.717) is 24.1 Å². The zero-order chi connectivity index (χ0) is 14.5. The van der Waals surface area contributed by atoms with Gasteiger partial charge in [0.1, 0.15) is 6.04 Å². The average molecular weight is 272 g/mol. The van der Waals surface area contributed by atoms with Gasteiger partial charge in [-0.3, -0.25) is 4.79 Å². The van der Waals surface area contributed by atoms with Crippen LogP contribution in [0.4, 0.5) is 0 Å². The van der Waals surface area contributed by atoms with Crippen LogP contribution in [-0.4, -0.2) is 34.5 Å². The standard InChI is InChI=1S/C15H16N2O3/c16-10-11-5-4-6-12(9-11)14(18)17-8-3-1-2-7-13(17)15(19)20/h4-6,9,13H,1-3,7-8H2,(H,19,20). The number of amides is 1. The second-order valence-electron chi connectivity index (χ2n) is 4.89. The largest absolute Gasteiger partial charge is 0.480 e. The summed E-state index contributed by atoms with van der Waals surface area (Å²) >= 11 is 0. The molecule has 0 aliphatic carbocycles. The molecule has 1 unspecified atom stereocenters. The van der Waals surface area contributed by atoms with E-state index in [-0.39, 0.29) is 5.91 Å². The molecule has 0 bridgehead atoms. The lowest BCUT2D eigenvalue weighted by Crippen LogP contribution is -2.44. The molecule has 0 aromatic heterocycles. The summed E-state index contributed by atoms with van der Waals surface area (Å²) in [6.45, 7) is 0.451. The van der Waals surface area contributed by atoms with E-state index in [0.717, 1.165) is 19.3 Å². The Bertz CT molecular complexity index is 562. The normalized spacial score (nSPS) is 18.9. The van der Waals surface area contributed by atoms with Crippen molar-refractivity contribution in [3.63, 3.8) is 0 Å². The van der Waals surface area contributed by atoms with Gasteiger partial charge in [0.2, 0.25) is 0 Å². The fourth-order valence-electron chi connectivity index (χ4n) is 2.50. The van der Waals surface area contributed by atoms with Crippen molar-refractivity contribution in [1.82, 2.24) is 4.90 Å². The zero-order valence-corrected chi connectivity index (χ0v) is 11.1. The van der Waals surface area contributed by atoms with Gasteiger partial charge in [-0.25, -0.2) is 4.79 Å². The van der Waals surface area contributed by atoms with Gasteiger partial charge in [-0.05, 0) is 31.0 Å². The summed E-state index contributed by atoms with van der Waals surface area (Å²) in [4.78, 5) is 25.2. The number of carboxylic acids is 1. The van der Waals surface area contributed by atoms with Crippen LogP contribution in [0.15, 0.2) is 24.3 Å². The van der Waals surface area contributed by atoms with Crippen molar-refractivity contribution >= 4 is 11.9 Å². The second kappa shape index (κ2) is 6.20. The summed E-state index contributed by atoms with van der Waals surface area (Å²) in [7, 11) is 0. The molecule has 1 aliphatic heterocycles. The van der Waals surface area contributed by atoms with Crippen LogP contribution in [0.2, 0.25) is 0 Å². The van der Waals surface area contributed by atoms with Crippen molar-refractivity contribution in [3.05, 3.63) is 35.4 Å². The summed E-state index contributed by atoms with van der Waals surface area (Å²) < 4.78 is 0. The number of carbonyl (C=O) groups excluding carboxylic acids is 1. The van der Waals surface area contributed by atoms with Crippen LogP contribution in [0.1, 0.15) is 41.6 Å². The fraction of sp³-hybridized carbons (Fsp3) is 0.400. The van der Waals surface area contributed by atoms with Crippen LogP contribution < -0.4 is 0 Å². The number of aliphatic carboxylic acids is 1. The quantitative estimate of drug-likeness (QED) is 0.893. The van der Waals surface area contributed by atoms with Crippen LogP contribution >= 0.6 is 0 Å². The highest BCUT2D eigenvalue weighted by Crippen LogP contribution is 2.20. The summed E-state index contributed by atoms with van der Waals surface area (Å²) in [5.41, 5.74) is 0.773. The molecule has 1 N–H and O–H groups in total. The molecule has 2 rings (SSSR count). The van der Waals surface area contributed by atoms with E-state index in [1.807, 2.05) is 6.07 Å². The first-order chi connectivity index (χ1) is 9.63. The molecule has 1 heterocycles. The summed E-state index contributed by atoms with van der Waals surface area (Å²) in [5, 5.41) is 18.2. The second-order valence-corrected chi connectivity index (χ2v) is 4.89. The third-order valence-corrected chi connectivity index (χ3v) is 3.54. The van der Waals surface area contributed by atoms with E-state index in [4.69, 9.17) is 5.26 Å². The van der Waals surface area contributed by atoms with Gasteiger partial charge in [0.15, 0.2) is 0 Å². The predicted molar refractivity (Wildman–Crippen MR) is 72.1 cm³/mol. The Morgan fingerprint density at radius 3 is 2.80 bits per heavy atom. The van der Waals surface area contributed by atoms with Gasteiger partial charge in [0, 0.05) is 12.1 Å². The molecule has 0 spiro atoms. The van der Waals surface area contributed by atoms with Crippen LogP contribution in [0.3, 0.4) is 0 Å². The maximum Gasteiger partial charge on any atom is 0.326 e. The Labute approximate surface area is 117 Å². The lowest BCUT2D eigenvalue weighted by Gasteiger charge is -2.27. The molecular formula is C15H16N2O3. The first-order valence-electron chi connectivity index (χ1n) is 6.67. The highest BCUT2D eigenvalue weighted by atomic mass is 16.4. The van der Waals surface area contributed by atoms with Gasteiger partial charge in [0.05, 0.1) is 11.6 Å². The summed E-state index contributed by atoms with van der Waals surface area (Å²) in [6, 6.07) is 7.60. The number of rotatable bonds is 2. The smallest absolute Gasteiger partial charge is 0.326 e. The molecule has 1 atom stereocenters. The highest BCUT2D eigenvalue weighted by molar-refractivity contribution is 5.97. The minimum atomic E-state index is -0.961. The van der Waals surface area contributed by atoms with Gasteiger partial charge in [-0.2, -0.15) is 5.26 Å². The molecule has 1 aromatic rings. The van der Waals surface area contributed by atoms with E-state index < -0.39 is 12.0 Å². The monoisotopic (exact) mass is 272 g/mol. The van der Waals surface area contributed by atoms with Crippen LogP contribution in [0.5, 0.6) is 0 Å². The van der Waals surface area contributed by atoms with E-state index in [1.165, 1.54) is 11.0 Å². The maximum absolute atomic E-state index is 12.5. The van der Waals surface area contributed by atoms with Crippen molar-refractivity contribution in [2.24, 2.45) is 0 Å². The van der Waals surface area contributed by atoms with Crippen molar-refractivity contribution in [3.8, 4) is 6.07 Å². The first kappa shape index (κ1) is 14.1. The Morgan fingerprint density at radius 2 is 2.10 bits per heavy atom. The molecule has 1 fully saturated rings. The lowest BCUT2D eigenvalue weighted by molar-refractivity contribution is -0.142. The van der Waals surface area contributed by atoms with Crippen molar-refractivity contribution in [2.45, 2.75) is 31.7 Å². The molecule has 0 saturated carbocycles. The van der Waals surface area contributed by atoms with E-state index in [9.17, 15) is 14.7 Å². The van der Waals surface area contributed by atoms with E-state index >= 15 is 0 Å². The summed E-state index contributed by atoms with van der Waals surface area (Å²) in [6.07, 6.45) is 3.05. The number of hydrogen-bond acceptors (Lipinski definition) is 3. The Morgan fingerprint density at radius 1 is 1.30 bits per heavy atom. The Balaban J connectivity index is 2.28. The molecule has 1 aliphatic rings. The topological polar surface area (TPSA) is 81.4 Å². The fourth-order valence-corrected chi connectivity index (χ4v) is 2.50. The lowest BCUT2D eigenvalue weighted by atomic mass is 10.1. The minimum absolute atomic E-state index is 0.309. The van der Waals surface area contributed by atoms with Gasteiger partial charge in [-0.1, -0.05) is 18.9 Å². The van der Waals surface area contributed by atoms with Crippen LogP contribution in [0.25, 0.3) is 0 Å². The average Bonchev–Trinajstić information content (AvgIpc) is 2.72. The summed E-state index contributed by atoms with van der Waals surface area (Å²) in [5.74, 6) is -1.27. The van der Waals surface area contributed by atoms with Crippen molar-refractivity contribution in [2.75, 3.05) is 6.54 Å². The molecular weight excluding hydrogens is 256 g/mol. The highest BCUT2D eigenvalue weighted by Gasteiger charge is 2.31. The Kier molecular flexibility index (Phi) is 4.36. The Hall–Kier alpha value is -2.35. The molecule has 1 saturated heterocycles. The first-order valence-corrected chi connectivity index (χ1v) is 6.67. The molecule has 5 nitrogen and oxygen atoms in total. The van der Waals surface area contributed by atoms with Crippen LogP contribution in [0, 0.1) is 11.3 Å². The maximum atomic E-state index is 12.5. The number of carbonyl (C=O) groups is 2. The van der Waals surface area contributed by atoms with Gasteiger partial charge >= 0.3 is 5.97 Å². The SMILES string of the molecule is N#Cc1cccc(C(=O)N2CCCCCC2C(=O)O)c1. The predicted octanol–water partition coefficient (Wildman–Crippen LogP) is 2.03. The third kappa shape index (κ3) is 2.97. The molecule has 0 radical (unpaired) electrons. The molecule has 1 aromatic carbocycles. The van der Waals surface area contributed by atoms with Crippen LogP contribution in [-0.2, 0) is 4.79 Å². The van der Waals surface area contributed by atoms with Gasteiger partial charge < -0.3 is 10.0 Å². The third-order valence-electron chi connectivity index (χ3n) is 3.54. The molecule has 1 amide bonds. The van der Waals surface area contributed by atoms with Gasteiger partial charge in [0.25, 0.3) is 5.91 Å². The number of hydrogen-bond donors (Lipinski definition) is 1. The number of nitriles is 1.